The van der Waals surface area contributed by atoms with Crippen LogP contribution < -0.4 is 9.47 Å². The first-order valence-electron chi connectivity index (χ1n) is 8.88. The zero-order valence-electron chi connectivity index (χ0n) is 15.9. The molecule has 30 heavy (non-hydrogen) atoms. The van der Waals surface area contributed by atoms with Gasteiger partial charge in [0.1, 0.15) is 35.5 Å². The molecule has 0 aliphatic carbocycles. The van der Waals surface area contributed by atoms with Crippen molar-refractivity contribution in [3.05, 3.63) is 98.5 Å². The molecule has 0 unspecified atom stereocenters. The molecule has 0 bridgehead atoms. The van der Waals surface area contributed by atoms with E-state index >= 15 is 0 Å². The normalized spacial score (nSPS) is 10.4. The zero-order valence-corrected chi connectivity index (χ0v) is 15.9. The summed E-state index contributed by atoms with van der Waals surface area (Å²) in [7, 11) is 0. The van der Waals surface area contributed by atoms with E-state index in [0.29, 0.717) is 23.0 Å². The molecule has 0 atom stereocenters. The Morgan fingerprint density at radius 3 is 1.77 bits per heavy atom. The van der Waals surface area contributed by atoms with E-state index in [1.807, 2.05) is 24.3 Å². The van der Waals surface area contributed by atoms with Crippen LogP contribution in [0.15, 0.2) is 103 Å². The summed E-state index contributed by atoms with van der Waals surface area (Å²) in [4.78, 5) is 22.2. The summed E-state index contributed by atoms with van der Waals surface area (Å²) >= 11 is 0. The number of carbonyl (C=O) groups excluding carboxylic acids is 2. The summed E-state index contributed by atoms with van der Waals surface area (Å²) in [5.41, 5.74) is 1.71. The summed E-state index contributed by atoms with van der Waals surface area (Å²) in [5, 5.41) is 0. The summed E-state index contributed by atoms with van der Waals surface area (Å²) in [6.07, 6.45) is 4.57. The van der Waals surface area contributed by atoms with Gasteiger partial charge < -0.3 is 18.6 Å². The van der Waals surface area contributed by atoms with Crippen LogP contribution in [0.1, 0.15) is 0 Å². The Kier molecular flexibility index (Phi) is 6.63. The molecular formula is C24H18O6. The molecule has 0 fully saturated rings. The van der Waals surface area contributed by atoms with Crippen LogP contribution in [-0.4, -0.2) is 11.9 Å². The smallest absolute Gasteiger partial charge is 0.335 e. The molecule has 6 nitrogen and oxygen atoms in total. The van der Waals surface area contributed by atoms with E-state index in [9.17, 15) is 9.59 Å². The predicted octanol–water partition coefficient (Wildman–Crippen LogP) is 5.28. The average molecular weight is 402 g/mol. The highest BCUT2D eigenvalue weighted by atomic mass is 16.5. The summed E-state index contributed by atoms with van der Waals surface area (Å²) in [6.45, 7) is 6.66. The fraction of sp³-hybridized carbons (Fsp3) is 0. The highest BCUT2D eigenvalue weighted by Crippen LogP contribution is 2.30. The third kappa shape index (κ3) is 5.36. The number of rotatable bonds is 8. The Balaban J connectivity index is 1.64. The van der Waals surface area contributed by atoms with Crippen LogP contribution in [0.25, 0.3) is 22.6 Å². The molecule has 0 aliphatic heterocycles. The number of esters is 2. The largest absolute Gasteiger partial charge is 0.462 e. The SMILES string of the molecule is C=CC(=O)O/C=C\Oc1ccc(-c2ccc(-c3ccc(OC(=O)C=C)cc3)o2)cc1. The van der Waals surface area contributed by atoms with Gasteiger partial charge in [-0.3, -0.25) is 0 Å². The quantitative estimate of drug-likeness (QED) is 0.221. The minimum absolute atomic E-state index is 0.430. The van der Waals surface area contributed by atoms with E-state index in [-0.39, 0.29) is 0 Å². The highest BCUT2D eigenvalue weighted by Gasteiger charge is 2.08. The van der Waals surface area contributed by atoms with Gasteiger partial charge in [0.2, 0.25) is 0 Å². The van der Waals surface area contributed by atoms with Crippen molar-refractivity contribution < 1.29 is 28.2 Å². The second-order valence-electron chi connectivity index (χ2n) is 5.87. The molecule has 0 N–H and O–H groups in total. The molecule has 2 aromatic carbocycles. The molecular weight excluding hydrogens is 384 g/mol. The molecule has 1 heterocycles. The maximum Gasteiger partial charge on any atom is 0.335 e. The Morgan fingerprint density at radius 2 is 1.23 bits per heavy atom. The lowest BCUT2D eigenvalue weighted by Crippen LogP contribution is -2.02. The van der Waals surface area contributed by atoms with Gasteiger partial charge in [0.05, 0.1) is 0 Å². The monoisotopic (exact) mass is 402 g/mol. The number of furan rings is 1. The highest BCUT2D eigenvalue weighted by molar-refractivity contribution is 5.83. The summed E-state index contributed by atoms with van der Waals surface area (Å²) in [5.74, 6) is 1.29. The fourth-order valence-corrected chi connectivity index (χ4v) is 2.44. The van der Waals surface area contributed by atoms with Gasteiger partial charge in [-0.1, -0.05) is 13.2 Å². The molecule has 0 saturated carbocycles. The molecule has 0 spiro atoms. The Labute approximate surface area is 173 Å². The van der Waals surface area contributed by atoms with Crippen molar-refractivity contribution in [2.45, 2.75) is 0 Å². The van der Waals surface area contributed by atoms with E-state index in [1.54, 1.807) is 36.4 Å². The van der Waals surface area contributed by atoms with Gasteiger partial charge in [-0.25, -0.2) is 9.59 Å². The van der Waals surface area contributed by atoms with Gasteiger partial charge in [-0.05, 0) is 60.7 Å². The Bertz CT molecular complexity index is 1070. The van der Waals surface area contributed by atoms with Crippen LogP contribution in [0.4, 0.5) is 0 Å². The zero-order chi connectivity index (χ0) is 21.3. The van der Waals surface area contributed by atoms with Crippen LogP contribution in [-0.2, 0) is 14.3 Å². The van der Waals surface area contributed by atoms with Gasteiger partial charge in [0.15, 0.2) is 0 Å². The first-order chi connectivity index (χ1) is 14.6. The number of carbonyl (C=O) groups is 2. The molecule has 1 aromatic heterocycles. The molecule has 0 radical (unpaired) electrons. The van der Waals surface area contributed by atoms with Crippen LogP contribution in [0.5, 0.6) is 11.5 Å². The van der Waals surface area contributed by atoms with E-state index in [2.05, 4.69) is 17.9 Å². The first-order valence-corrected chi connectivity index (χ1v) is 8.88. The van der Waals surface area contributed by atoms with Crippen molar-refractivity contribution in [3.63, 3.8) is 0 Å². The van der Waals surface area contributed by atoms with Gasteiger partial charge in [-0.2, -0.15) is 0 Å². The minimum atomic E-state index is -0.564. The third-order valence-electron chi connectivity index (χ3n) is 3.88. The lowest BCUT2D eigenvalue weighted by atomic mass is 10.1. The van der Waals surface area contributed by atoms with Crippen molar-refractivity contribution in [3.8, 4) is 34.1 Å². The number of hydrogen-bond acceptors (Lipinski definition) is 6. The number of benzene rings is 2. The second kappa shape index (κ2) is 9.75. The molecule has 0 amide bonds. The second-order valence-corrected chi connectivity index (χ2v) is 5.87. The number of ether oxygens (including phenoxy) is 3. The van der Waals surface area contributed by atoms with Gasteiger partial charge in [0, 0.05) is 23.3 Å². The molecule has 6 heteroatoms. The lowest BCUT2D eigenvalue weighted by Gasteiger charge is -2.03. The summed E-state index contributed by atoms with van der Waals surface area (Å²) < 4.78 is 21.0. The Hall–Kier alpha value is -4.32. The molecule has 0 aliphatic rings. The summed E-state index contributed by atoms with van der Waals surface area (Å²) in [6, 6.07) is 17.9. The molecule has 150 valence electrons. The van der Waals surface area contributed by atoms with E-state index < -0.39 is 11.9 Å². The van der Waals surface area contributed by atoms with Crippen LogP contribution in [0.2, 0.25) is 0 Å². The third-order valence-corrected chi connectivity index (χ3v) is 3.88. The van der Waals surface area contributed by atoms with Crippen LogP contribution in [0.3, 0.4) is 0 Å². The Morgan fingerprint density at radius 1 is 0.700 bits per heavy atom. The lowest BCUT2D eigenvalue weighted by molar-refractivity contribution is -0.132. The first kappa shape index (κ1) is 20.4. The maximum atomic E-state index is 11.2. The van der Waals surface area contributed by atoms with Crippen molar-refractivity contribution in [1.82, 2.24) is 0 Å². The van der Waals surface area contributed by atoms with Crippen LogP contribution in [0, 0.1) is 0 Å². The van der Waals surface area contributed by atoms with Gasteiger partial charge in [-0.15, -0.1) is 0 Å². The minimum Gasteiger partial charge on any atom is -0.462 e. The van der Waals surface area contributed by atoms with Crippen molar-refractivity contribution in [2.75, 3.05) is 0 Å². The maximum absolute atomic E-state index is 11.2. The van der Waals surface area contributed by atoms with Crippen LogP contribution >= 0.6 is 0 Å². The predicted molar refractivity (Wildman–Crippen MR) is 111 cm³/mol. The average Bonchev–Trinajstić information content (AvgIpc) is 3.27. The molecule has 3 rings (SSSR count). The topological polar surface area (TPSA) is 75.0 Å². The molecule has 0 saturated heterocycles. The standard InChI is InChI=1S/C24H18O6/c1-3-23(25)28-16-15-27-19-9-5-17(6-10-19)21-13-14-22(30-21)18-7-11-20(12-8-18)29-24(26)4-2/h3-16H,1-2H2/b16-15-. The van der Waals surface area contributed by atoms with Crippen molar-refractivity contribution in [2.24, 2.45) is 0 Å². The van der Waals surface area contributed by atoms with Gasteiger partial charge in [0.25, 0.3) is 0 Å². The number of hydrogen-bond donors (Lipinski definition) is 0. The van der Waals surface area contributed by atoms with Crippen molar-refractivity contribution >= 4 is 11.9 Å². The molecule has 3 aromatic rings. The van der Waals surface area contributed by atoms with E-state index in [0.717, 1.165) is 29.5 Å². The fourth-order valence-electron chi connectivity index (χ4n) is 2.44. The van der Waals surface area contributed by atoms with Gasteiger partial charge >= 0.3 is 11.9 Å². The van der Waals surface area contributed by atoms with Crippen molar-refractivity contribution in [1.29, 1.82) is 0 Å². The van der Waals surface area contributed by atoms with E-state index in [4.69, 9.17) is 13.9 Å². The van der Waals surface area contributed by atoms with E-state index in [1.165, 1.54) is 6.26 Å².